The number of benzene rings is 1. The summed E-state index contributed by atoms with van der Waals surface area (Å²) in [5, 5.41) is 3.29. The number of anilines is 1. The fourth-order valence-electron chi connectivity index (χ4n) is 3.15. The highest BCUT2D eigenvalue weighted by Crippen LogP contribution is 2.08. The molecule has 0 bridgehead atoms. The number of nitrogens with zero attached hydrogens (tertiary/aromatic N) is 5. The molecule has 3 rings (SSSR count). The zero-order chi connectivity index (χ0) is 23.1. The van der Waals surface area contributed by atoms with Crippen LogP contribution in [0.3, 0.4) is 0 Å². The van der Waals surface area contributed by atoms with Gasteiger partial charge in [0.2, 0.25) is 0 Å². The molecular weight excluding hydrogens is 427 g/mol. The van der Waals surface area contributed by atoms with Crippen LogP contribution in [0.5, 0.6) is 0 Å². The highest BCUT2D eigenvalue weighted by atomic mass is 19.2. The smallest absolute Gasteiger partial charge is 0.153 e. The van der Waals surface area contributed by atoms with Crippen LogP contribution in [0.2, 0.25) is 0 Å². The van der Waals surface area contributed by atoms with E-state index in [4.69, 9.17) is 14.2 Å². The minimum absolute atomic E-state index is 0.353. The van der Waals surface area contributed by atoms with Crippen LogP contribution in [0, 0.1) is 0 Å². The summed E-state index contributed by atoms with van der Waals surface area (Å²) in [5.41, 5.74) is 1.09. The molecule has 0 amide bonds. The molecule has 0 spiro atoms. The van der Waals surface area contributed by atoms with E-state index in [0.717, 1.165) is 18.1 Å². The summed E-state index contributed by atoms with van der Waals surface area (Å²) in [5.74, 6) is 1.25. The maximum absolute atomic E-state index is 13.8. The lowest BCUT2D eigenvalue weighted by atomic mass is 10.3. The topological polar surface area (TPSA) is 78.6 Å². The lowest BCUT2D eigenvalue weighted by Crippen LogP contribution is -2.29. The Kier molecular flexibility index (Phi) is 10.8. The first-order valence-electron chi connectivity index (χ1n) is 11.1. The van der Waals surface area contributed by atoms with Crippen molar-refractivity contribution in [3.8, 4) is 0 Å². The predicted octanol–water partition coefficient (Wildman–Crippen LogP) is 2.51. The van der Waals surface area contributed by atoms with Gasteiger partial charge in [-0.25, -0.2) is 9.97 Å². The molecule has 9 nitrogen and oxygen atoms in total. The van der Waals surface area contributed by atoms with Crippen molar-refractivity contribution in [2.24, 2.45) is 7.05 Å². The van der Waals surface area contributed by atoms with Gasteiger partial charge in [0, 0.05) is 44.4 Å². The zero-order valence-electron chi connectivity index (χ0n) is 19.1. The van der Waals surface area contributed by atoms with Gasteiger partial charge in [-0.15, -0.1) is 0 Å². The van der Waals surface area contributed by atoms with Crippen LogP contribution in [0.15, 0.2) is 55.1 Å². The molecule has 0 atom stereocenters. The Morgan fingerprint density at radius 3 is 2.15 bits per heavy atom. The fraction of sp³-hybridized carbons (Fsp3) is 0.478. The van der Waals surface area contributed by atoms with E-state index in [1.165, 1.54) is 12.4 Å². The monoisotopic (exact) mass is 460 g/mol. The second kappa shape index (κ2) is 14.4. The maximum atomic E-state index is 13.8. The van der Waals surface area contributed by atoms with E-state index in [1.54, 1.807) is 6.20 Å². The van der Waals surface area contributed by atoms with E-state index < -0.39 is 0 Å². The summed E-state index contributed by atoms with van der Waals surface area (Å²) in [6.45, 7) is 5.51. The van der Waals surface area contributed by atoms with Gasteiger partial charge in [-0.1, -0.05) is 22.7 Å². The van der Waals surface area contributed by atoms with Crippen molar-refractivity contribution >= 4 is 5.69 Å². The van der Waals surface area contributed by atoms with Crippen molar-refractivity contribution in [2.75, 3.05) is 58.0 Å². The molecule has 33 heavy (non-hydrogen) atoms. The van der Waals surface area contributed by atoms with Crippen LogP contribution in [-0.4, -0.2) is 77.0 Å². The summed E-state index contributed by atoms with van der Waals surface area (Å²) in [7, 11) is 1.94. The largest absolute Gasteiger partial charge is 0.383 e. The number of ether oxygens (including phenoxy) is 3. The quantitative estimate of drug-likeness (QED) is 0.310. The first-order valence-corrected chi connectivity index (χ1v) is 11.1. The molecule has 0 unspecified atom stereocenters. The Morgan fingerprint density at radius 2 is 1.48 bits per heavy atom. The van der Waals surface area contributed by atoms with Crippen LogP contribution in [0.1, 0.15) is 11.6 Å². The predicted molar refractivity (Wildman–Crippen MR) is 123 cm³/mol. The van der Waals surface area contributed by atoms with Crippen LogP contribution < -0.4 is 5.32 Å². The molecule has 0 radical (unpaired) electrons. The van der Waals surface area contributed by atoms with E-state index in [-0.39, 0.29) is 0 Å². The van der Waals surface area contributed by atoms with E-state index in [1.807, 2.05) is 48.1 Å². The van der Waals surface area contributed by atoms with Gasteiger partial charge in [0.1, 0.15) is 5.82 Å². The summed E-state index contributed by atoms with van der Waals surface area (Å²) in [6.07, 6.45) is 6.39. The summed E-state index contributed by atoms with van der Waals surface area (Å²) < 4.78 is 32.5. The third kappa shape index (κ3) is 9.30. The molecule has 0 aliphatic rings. The van der Waals surface area contributed by atoms with Crippen molar-refractivity contribution in [1.29, 1.82) is 0 Å². The number of imidazole rings is 2. The third-order valence-corrected chi connectivity index (χ3v) is 4.96. The Hall–Kier alpha value is -2.79. The highest BCUT2D eigenvalue weighted by molar-refractivity contribution is 5.42. The number of halogens is 1. The van der Waals surface area contributed by atoms with Gasteiger partial charge in [-0.05, 0) is 12.1 Å². The number of rotatable bonds is 17. The van der Waals surface area contributed by atoms with Gasteiger partial charge in [-0.3, -0.25) is 4.90 Å². The first kappa shape index (κ1) is 24.8. The molecule has 1 aromatic carbocycles. The van der Waals surface area contributed by atoms with Crippen LogP contribution >= 0.6 is 0 Å². The SMILES string of the molecule is Cn1ccnc1CN(CCOCCOCCOCCNc1ccccc1)Cc1nccn1F. The molecule has 180 valence electrons. The number of hydrogen-bond acceptors (Lipinski definition) is 7. The molecule has 3 aromatic rings. The summed E-state index contributed by atoms with van der Waals surface area (Å²) >= 11 is 0. The molecular formula is C23H33FN6O3. The number of para-hydroxylation sites is 1. The Bertz CT molecular complexity index is 862. The Labute approximate surface area is 194 Å². The first-order chi connectivity index (χ1) is 16.2. The van der Waals surface area contributed by atoms with Crippen molar-refractivity contribution in [3.63, 3.8) is 0 Å². The van der Waals surface area contributed by atoms with Gasteiger partial charge in [0.25, 0.3) is 0 Å². The molecule has 1 N–H and O–H groups in total. The highest BCUT2D eigenvalue weighted by Gasteiger charge is 2.13. The number of aromatic nitrogens is 4. The summed E-state index contributed by atoms with van der Waals surface area (Å²) in [6, 6.07) is 10.0. The fourth-order valence-corrected chi connectivity index (χ4v) is 3.15. The van der Waals surface area contributed by atoms with E-state index in [2.05, 4.69) is 20.2 Å². The molecule has 2 aromatic heterocycles. The second-order valence-electron chi connectivity index (χ2n) is 7.45. The molecule has 0 aliphatic heterocycles. The molecule has 0 fully saturated rings. The number of nitrogens with one attached hydrogen (secondary N) is 1. The Morgan fingerprint density at radius 1 is 0.848 bits per heavy atom. The normalized spacial score (nSPS) is 11.4. The van der Waals surface area contributed by atoms with Crippen LogP contribution in [-0.2, 0) is 34.3 Å². The second-order valence-corrected chi connectivity index (χ2v) is 7.45. The van der Waals surface area contributed by atoms with Crippen molar-refractivity contribution in [2.45, 2.75) is 13.1 Å². The van der Waals surface area contributed by atoms with E-state index in [9.17, 15) is 4.48 Å². The lowest BCUT2D eigenvalue weighted by Gasteiger charge is -2.21. The summed E-state index contributed by atoms with van der Waals surface area (Å²) in [4.78, 5) is 11.0. The van der Waals surface area contributed by atoms with E-state index in [0.29, 0.717) is 69.9 Å². The van der Waals surface area contributed by atoms with Crippen LogP contribution in [0.4, 0.5) is 10.2 Å². The van der Waals surface area contributed by atoms with Gasteiger partial charge < -0.3 is 24.1 Å². The van der Waals surface area contributed by atoms with Crippen LogP contribution in [0.25, 0.3) is 0 Å². The average molecular weight is 461 g/mol. The third-order valence-electron chi connectivity index (χ3n) is 4.96. The minimum Gasteiger partial charge on any atom is -0.383 e. The molecule has 0 aliphatic carbocycles. The van der Waals surface area contributed by atoms with Crippen molar-refractivity contribution in [1.82, 2.24) is 24.2 Å². The van der Waals surface area contributed by atoms with Crippen molar-refractivity contribution in [3.05, 3.63) is 66.8 Å². The van der Waals surface area contributed by atoms with Gasteiger partial charge >= 0.3 is 0 Å². The lowest BCUT2D eigenvalue weighted by molar-refractivity contribution is 0.0109. The van der Waals surface area contributed by atoms with E-state index >= 15 is 0 Å². The minimum atomic E-state index is 0.353. The van der Waals surface area contributed by atoms with Gasteiger partial charge in [0.05, 0.1) is 58.9 Å². The molecule has 10 heteroatoms. The maximum Gasteiger partial charge on any atom is 0.153 e. The van der Waals surface area contributed by atoms with Crippen molar-refractivity contribution < 1.29 is 18.7 Å². The van der Waals surface area contributed by atoms with Gasteiger partial charge in [-0.2, -0.15) is 4.79 Å². The van der Waals surface area contributed by atoms with Gasteiger partial charge in [0.15, 0.2) is 5.82 Å². The average Bonchev–Trinajstić information content (AvgIpc) is 3.42. The zero-order valence-corrected chi connectivity index (χ0v) is 19.1. The molecule has 2 heterocycles. The standard InChI is InChI=1S/C23H33FN6O3/c1-28-10-7-26-22(28)19-29(20-23-27-8-11-30(23)24)12-14-32-16-18-33-17-15-31-13-9-25-21-5-3-2-4-6-21/h2-8,10-11,25H,9,12-20H2,1H3. The number of aryl methyl sites for hydroxylation is 1. The molecule has 0 saturated heterocycles. The Balaban J connectivity index is 1.22. The molecule has 0 saturated carbocycles. The number of hydrogen-bond donors (Lipinski definition) is 1.